The number of amides is 2. The molecule has 1 aromatic carbocycles. The van der Waals surface area contributed by atoms with Crippen molar-refractivity contribution in [2.45, 2.75) is 51.6 Å². The zero-order chi connectivity index (χ0) is 25.2. The molecule has 8 heteroatoms. The van der Waals surface area contributed by atoms with Gasteiger partial charge in [0.2, 0.25) is 5.43 Å². The number of aromatic nitrogens is 1. The van der Waals surface area contributed by atoms with E-state index >= 15 is 0 Å². The molecule has 2 aromatic rings. The average Bonchev–Trinajstić information content (AvgIpc) is 2.86. The van der Waals surface area contributed by atoms with Gasteiger partial charge in [0.25, 0.3) is 11.8 Å². The summed E-state index contributed by atoms with van der Waals surface area (Å²) in [5.41, 5.74) is 1.44. The van der Waals surface area contributed by atoms with Gasteiger partial charge in [-0.2, -0.15) is 0 Å². The number of hydrogen-bond acceptors (Lipinski definition) is 5. The van der Waals surface area contributed by atoms with Crippen LogP contribution >= 0.6 is 0 Å². The van der Waals surface area contributed by atoms with Crippen LogP contribution in [-0.2, 0) is 11.3 Å². The number of hydrogen-bond donors (Lipinski definition) is 2. The number of allylic oxidation sites excluding steroid dienone is 1. The van der Waals surface area contributed by atoms with Crippen molar-refractivity contribution in [3.63, 3.8) is 0 Å². The highest BCUT2D eigenvalue weighted by molar-refractivity contribution is 5.99. The molecule has 1 aliphatic rings. The number of nitrogens with one attached hydrogen (secondary N) is 2. The topological polar surface area (TPSA) is 98.7 Å². The second-order valence-corrected chi connectivity index (χ2v) is 8.84. The van der Waals surface area contributed by atoms with E-state index < -0.39 is 17.2 Å². The number of nitrogens with zero attached hydrogens (tertiary/aromatic N) is 1. The zero-order valence-corrected chi connectivity index (χ0v) is 20.8. The third-order valence-corrected chi connectivity index (χ3v) is 6.02. The Morgan fingerprint density at radius 2 is 1.83 bits per heavy atom. The van der Waals surface area contributed by atoms with E-state index in [1.807, 2.05) is 24.3 Å². The third-order valence-electron chi connectivity index (χ3n) is 6.02. The van der Waals surface area contributed by atoms with Crippen molar-refractivity contribution >= 4 is 11.8 Å². The number of methoxy groups -OCH3 is 2. The number of benzene rings is 1. The Morgan fingerprint density at radius 1 is 1.09 bits per heavy atom. The molecule has 2 amide bonds. The molecule has 1 unspecified atom stereocenters. The van der Waals surface area contributed by atoms with Crippen LogP contribution in [0.15, 0.2) is 53.1 Å². The highest BCUT2D eigenvalue weighted by Gasteiger charge is 2.21. The zero-order valence-electron chi connectivity index (χ0n) is 20.8. The second kappa shape index (κ2) is 12.9. The predicted molar refractivity (Wildman–Crippen MR) is 135 cm³/mol. The summed E-state index contributed by atoms with van der Waals surface area (Å²) in [5, 5.41) is 5.62. The van der Waals surface area contributed by atoms with Gasteiger partial charge in [-0.05, 0) is 45.1 Å². The maximum atomic E-state index is 13.2. The molecule has 1 aromatic heterocycles. The molecule has 0 fully saturated rings. The predicted octanol–water partition coefficient (Wildman–Crippen LogP) is 3.29. The van der Waals surface area contributed by atoms with Crippen LogP contribution in [0, 0.1) is 0 Å². The van der Waals surface area contributed by atoms with Crippen molar-refractivity contribution in [1.29, 1.82) is 0 Å². The first kappa shape index (κ1) is 26.2. The molecular formula is C27H35N3O5. The van der Waals surface area contributed by atoms with Crippen LogP contribution in [0.5, 0.6) is 5.75 Å². The average molecular weight is 482 g/mol. The maximum Gasteiger partial charge on any atom is 0.257 e. The second-order valence-electron chi connectivity index (χ2n) is 8.84. The minimum atomic E-state index is -0.599. The molecule has 0 aliphatic heterocycles. The lowest BCUT2D eigenvalue weighted by atomic mass is 9.97. The first-order valence-electron chi connectivity index (χ1n) is 12.0. The number of ether oxygens (including phenoxy) is 2. The summed E-state index contributed by atoms with van der Waals surface area (Å²) in [6, 6.07) is 7.19. The fourth-order valence-corrected chi connectivity index (χ4v) is 4.23. The van der Waals surface area contributed by atoms with Crippen molar-refractivity contribution < 1.29 is 19.1 Å². The Hall–Kier alpha value is -3.39. The van der Waals surface area contributed by atoms with Gasteiger partial charge in [0.15, 0.2) is 0 Å². The van der Waals surface area contributed by atoms with Crippen LogP contribution in [0.1, 0.15) is 65.3 Å². The summed E-state index contributed by atoms with van der Waals surface area (Å²) in [7, 11) is 3.12. The summed E-state index contributed by atoms with van der Waals surface area (Å²) in [5.74, 6) is -0.354. The molecule has 1 atom stereocenters. The number of para-hydroxylation sites is 1. The highest BCUT2D eigenvalue weighted by Crippen LogP contribution is 2.20. The van der Waals surface area contributed by atoms with Crippen molar-refractivity contribution in [1.82, 2.24) is 15.2 Å². The van der Waals surface area contributed by atoms with Crippen LogP contribution in [0.2, 0.25) is 0 Å². The van der Waals surface area contributed by atoms with E-state index in [2.05, 4.69) is 16.7 Å². The molecule has 0 radical (unpaired) electrons. The van der Waals surface area contributed by atoms with E-state index in [1.54, 1.807) is 18.6 Å². The molecule has 1 heterocycles. The van der Waals surface area contributed by atoms with Crippen LogP contribution in [-0.4, -0.2) is 49.8 Å². The number of carbonyl (C=O) groups excluding carboxylic acids is 2. The minimum Gasteiger partial charge on any atom is -0.496 e. The Morgan fingerprint density at radius 3 is 2.51 bits per heavy atom. The molecule has 188 valence electrons. The Kier molecular flexibility index (Phi) is 9.66. The van der Waals surface area contributed by atoms with Gasteiger partial charge in [-0.15, -0.1) is 0 Å². The maximum absolute atomic E-state index is 13.2. The summed E-state index contributed by atoms with van der Waals surface area (Å²) in [6.45, 7) is 2.85. The normalized spacial score (nSPS) is 14.1. The van der Waals surface area contributed by atoms with Crippen molar-refractivity contribution in [3.8, 4) is 5.75 Å². The van der Waals surface area contributed by atoms with E-state index in [0.717, 1.165) is 24.8 Å². The summed E-state index contributed by atoms with van der Waals surface area (Å²) < 4.78 is 12.2. The van der Waals surface area contributed by atoms with Gasteiger partial charge >= 0.3 is 0 Å². The number of carbonyl (C=O) groups is 2. The van der Waals surface area contributed by atoms with Crippen molar-refractivity contribution in [2.75, 3.05) is 27.4 Å². The van der Waals surface area contributed by atoms with Crippen LogP contribution in [0.3, 0.4) is 0 Å². The van der Waals surface area contributed by atoms with Gasteiger partial charge in [0.05, 0.1) is 20.3 Å². The van der Waals surface area contributed by atoms with Crippen LogP contribution in [0.25, 0.3) is 0 Å². The van der Waals surface area contributed by atoms with Gasteiger partial charge in [-0.3, -0.25) is 14.4 Å². The smallest absolute Gasteiger partial charge is 0.257 e. The lowest BCUT2D eigenvalue weighted by Gasteiger charge is -2.16. The standard InChI is InChI=1S/C27H35N3O5/c1-19(18-34-2)29-27(33)23-17-30(15-21-11-7-8-12-24(21)35-3)16-22(25(23)31)26(32)28-14-13-20-9-5-4-6-10-20/h7-9,11-12,16-17,19H,4-6,10,13-15,18H2,1-3H3,(H,28,32)(H,29,33). The van der Waals surface area contributed by atoms with Gasteiger partial charge in [-0.1, -0.05) is 29.8 Å². The first-order chi connectivity index (χ1) is 16.9. The summed E-state index contributed by atoms with van der Waals surface area (Å²) >= 11 is 0. The Labute approximate surface area is 206 Å². The monoisotopic (exact) mass is 481 g/mol. The molecule has 0 spiro atoms. The van der Waals surface area contributed by atoms with Crippen LogP contribution in [0.4, 0.5) is 0 Å². The number of pyridine rings is 1. The van der Waals surface area contributed by atoms with Crippen LogP contribution < -0.4 is 20.8 Å². The van der Waals surface area contributed by atoms with Crippen molar-refractivity contribution in [2.24, 2.45) is 0 Å². The van der Waals surface area contributed by atoms with E-state index in [-0.39, 0.29) is 17.2 Å². The fourth-order valence-electron chi connectivity index (χ4n) is 4.23. The lowest BCUT2D eigenvalue weighted by molar-refractivity contribution is 0.0903. The molecule has 2 N–H and O–H groups in total. The van der Waals surface area contributed by atoms with E-state index in [0.29, 0.717) is 25.4 Å². The quantitative estimate of drug-likeness (QED) is 0.480. The fraction of sp³-hybridized carbons (Fsp3) is 0.444. The molecule has 0 saturated heterocycles. The SMILES string of the molecule is COCC(C)NC(=O)c1cn(Cc2ccccc2OC)cc(C(=O)NCCC2=CCCCC2)c1=O. The largest absolute Gasteiger partial charge is 0.496 e. The molecular weight excluding hydrogens is 446 g/mol. The van der Waals surface area contributed by atoms with Gasteiger partial charge in [0.1, 0.15) is 16.9 Å². The third kappa shape index (κ3) is 7.29. The molecule has 8 nitrogen and oxygen atoms in total. The molecule has 3 rings (SSSR count). The van der Waals surface area contributed by atoms with Gasteiger partial charge in [0, 0.05) is 37.7 Å². The molecule has 1 aliphatic carbocycles. The lowest BCUT2D eigenvalue weighted by Crippen LogP contribution is -2.40. The first-order valence-corrected chi connectivity index (χ1v) is 12.0. The van der Waals surface area contributed by atoms with E-state index in [4.69, 9.17) is 9.47 Å². The van der Waals surface area contributed by atoms with Gasteiger partial charge < -0.3 is 24.7 Å². The van der Waals surface area contributed by atoms with Crippen molar-refractivity contribution in [3.05, 3.63) is 75.2 Å². The van der Waals surface area contributed by atoms with Gasteiger partial charge in [-0.25, -0.2) is 0 Å². The Balaban J connectivity index is 1.87. The van der Waals surface area contributed by atoms with E-state index in [9.17, 15) is 14.4 Å². The molecule has 35 heavy (non-hydrogen) atoms. The summed E-state index contributed by atoms with van der Waals surface area (Å²) in [4.78, 5) is 39.1. The summed E-state index contributed by atoms with van der Waals surface area (Å²) in [6.07, 6.45) is 10.5. The molecule has 0 bridgehead atoms. The minimum absolute atomic E-state index is 0.0652. The molecule has 0 saturated carbocycles. The number of rotatable bonds is 11. The Bertz CT molecular complexity index is 1120. The van der Waals surface area contributed by atoms with E-state index in [1.165, 1.54) is 37.9 Å². The highest BCUT2D eigenvalue weighted by atomic mass is 16.5.